The molecular weight excluding hydrogens is 102 g/mol. The van der Waals surface area contributed by atoms with Gasteiger partial charge in [-0.2, -0.15) is 5.53 Å². The van der Waals surface area contributed by atoms with E-state index in [1.807, 2.05) is 0 Å². The molecule has 0 bridgehead atoms. The SMILES string of the molecule is C1CCNNNCC1. The molecule has 0 amide bonds. The van der Waals surface area contributed by atoms with Gasteiger partial charge in [-0.15, -0.1) is 0 Å². The Hall–Kier alpha value is -0.120. The van der Waals surface area contributed by atoms with Crippen molar-refractivity contribution in [1.29, 1.82) is 0 Å². The third-order valence-electron chi connectivity index (χ3n) is 1.28. The fraction of sp³-hybridized carbons (Fsp3) is 1.00. The maximum atomic E-state index is 3.03. The van der Waals surface area contributed by atoms with Crippen LogP contribution in [-0.2, 0) is 0 Å². The predicted octanol–water partition coefficient (Wildman–Crippen LogP) is -0.231. The summed E-state index contributed by atoms with van der Waals surface area (Å²) >= 11 is 0. The van der Waals surface area contributed by atoms with Gasteiger partial charge in [-0.1, -0.05) is 6.42 Å². The van der Waals surface area contributed by atoms with E-state index in [1.165, 1.54) is 19.3 Å². The van der Waals surface area contributed by atoms with Gasteiger partial charge >= 0.3 is 0 Å². The Balaban J connectivity index is 2.00. The lowest BCUT2D eigenvalue weighted by atomic mass is 10.2. The summed E-state index contributed by atoms with van der Waals surface area (Å²) in [6, 6.07) is 0. The first-order chi connectivity index (χ1) is 4.00. The van der Waals surface area contributed by atoms with Crippen LogP contribution in [0.15, 0.2) is 0 Å². The van der Waals surface area contributed by atoms with Crippen LogP contribution in [0.3, 0.4) is 0 Å². The highest BCUT2D eigenvalue weighted by Crippen LogP contribution is 1.91. The molecule has 0 saturated carbocycles. The van der Waals surface area contributed by atoms with E-state index < -0.39 is 0 Å². The van der Waals surface area contributed by atoms with Gasteiger partial charge in [0.1, 0.15) is 0 Å². The van der Waals surface area contributed by atoms with Crippen molar-refractivity contribution >= 4 is 0 Å². The lowest BCUT2D eigenvalue weighted by Crippen LogP contribution is -2.45. The molecule has 1 rings (SSSR count). The van der Waals surface area contributed by atoms with E-state index in [2.05, 4.69) is 16.4 Å². The van der Waals surface area contributed by atoms with Crippen molar-refractivity contribution in [3.05, 3.63) is 0 Å². The minimum atomic E-state index is 1.08. The molecule has 3 N–H and O–H groups in total. The number of hydrogen-bond acceptors (Lipinski definition) is 3. The molecule has 0 spiro atoms. The summed E-state index contributed by atoms with van der Waals surface area (Å²) in [7, 11) is 0. The molecular formula is C5H13N3. The summed E-state index contributed by atoms with van der Waals surface area (Å²) in [5.74, 6) is 0. The molecule has 1 fully saturated rings. The highest BCUT2D eigenvalue weighted by molar-refractivity contribution is 4.49. The molecule has 0 unspecified atom stereocenters. The van der Waals surface area contributed by atoms with Crippen molar-refractivity contribution < 1.29 is 0 Å². The van der Waals surface area contributed by atoms with Crippen molar-refractivity contribution in [1.82, 2.24) is 16.4 Å². The fourth-order valence-corrected chi connectivity index (χ4v) is 0.791. The van der Waals surface area contributed by atoms with Crippen LogP contribution in [-0.4, -0.2) is 13.1 Å². The average molecular weight is 115 g/mol. The van der Waals surface area contributed by atoms with E-state index in [0.717, 1.165) is 13.1 Å². The number of nitrogens with one attached hydrogen (secondary N) is 3. The van der Waals surface area contributed by atoms with Gasteiger partial charge in [-0.25, -0.2) is 10.9 Å². The lowest BCUT2D eigenvalue weighted by molar-refractivity contribution is 0.390. The highest BCUT2D eigenvalue weighted by atomic mass is 15.6. The predicted molar refractivity (Wildman–Crippen MR) is 33.0 cm³/mol. The van der Waals surface area contributed by atoms with Gasteiger partial charge in [0.25, 0.3) is 0 Å². The van der Waals surface area contributed by atoms with Gasteiger partial charge in [0.2, 0.25) is 0 Å². The second-order valence-electron chi connectivity index (χ2n) is 2.04. The first kappa shape index (κ1) is 6.01. The maximum absolute atomic E-state index is 3.03. The van der Waals surface area contributed by atoms with Gasteiger partial charge in [-0.3, -0.25) is 0 Å². The molecule has 0 aromatic rings. The third-order valence-corrected chi connectivity index (χ3v) is 1.28. The Labute approximate surface area is 49.8 Å². The van der Waals surface area contributed by atoms with Crippen LogP contribution in [0.5, 0.6) is 0 Å². The Morgan fingerprint density at radius 2 is 1.38 bits per heavy atom. The van der Waals surface area contributed by atoms with E-state index in [9.17, 15) is 0 Å². The molecule has 3 heteroatoms. The minimum absolute atomic E-state index is 1.08. The zero-order chi connectivity index (χ0) is 5.66. The van der Waals surface area contributed by atoms with E-state index >= 15 is 0 Å². The molecule has 8 heavy (non-hydrogen) atoms. The quantitative estimate of drug-likeness (QED) is 0.408. The van der Waals surface area contributed by atoms with E-state index in [1.54, 1.807) is 0 Å². The Morgan fingerprint density at radius 3 is 2.00 bits per heavy atom. The second-order valence-corrected chi connectivity index (χ2v) is 2.04. The topological polar surface area (TPSA) is 36.1 Å². The minimum Gasteiger partial charge on any atom is -0.244 e. The molecule has 0 aromatic heterocycles. The Bertz CT molecular complexity index is 31.6. The van der Waals surface area contributed by atoms with Crippen LogP contribution in [0, 0.1) is 0 Å². The van der Waals surface area contributed by atoms with Gasteiger partial charge in [0, 0.05) is 13.1 Å². The summed E-state index contributed by atoms with van der Waals surface area (Å²) in [5.41, 5.74) is 8.94. The van der Waals surface area contributed by atoms with Crippen LogP contribution in [0.2, 0.25) is 0 Å². The van der Waals surface area contributed by atoms with Gasteiger partial charge in [-0.05, 0) is 12.8 Å². The van der Waals surface area contributed by atoms with Gasteiger partial charge < -0.3 is 0 Å². The Kier molecular flexibility index (Phi) is 2.88. The van der Waals surface area contributed by atoms with Crippen molar-refractivity contribution in [3.63, 3.8) is 0 Å². The fourth-order valence-electron chi connectivity index (χ4n) is 0.791. The van der Waals surface area contributed by atoms with Crippen LogP contribution in [0.1, 0.15) is 19.3 Å². The summed E-state index contributed by atoms with van der Waals surface area (Å²) in [5, 5.41) is 0. The van der Waals surface area contributed by atoms with Crippen molar-refractivity contribution in [2.45, 2.75) is 19.3 Å². The third kappa shape index (κ3) is 2.26. The zero-order valence-corrected chi connectivity index (χ0v) is 5.04. The standard InChI is InChI=1S/C5H13N3/c1-2-4-6-8-7-5-3-1/h6-8H,1-5H2. The van der Waals surface area contributed by atoms with E-state index in [-0.39, 0.29) is 0 Å². The van der Waals surface area contributed by atoms with Crippen molar-refractivity contribution in [3.8, 4) is 0 Å². The largest absolute Gasteiger partial charge is 0.244 e. The molecule has 48 valence electrons. The molecule has 0 aromatic carbocycles. The van der Waals surface area contributed by atoms with Crippen LogP contribution < -0.4 is 16.4 Å². The van der Waals surface area contributed by atoms with E-state index in [0.29, 0.717) is 0 Å². The number of hydrazine groups is 2. The molecule has 1 saturated heterocycles. The van der Waals surface area contributed by atoms with E-state index in [4.69, 9.17) is 0 Å². The first-order valence-electron chi connectivity index (χ1n) is 3.21. The zero-order valence-electron chi connectivity index (χ0n) is 5.04. The highest BCUT2D eigenvalue weighted by Gasteiger charge is 1.92. The maximum Gasteiger partial charge on any atom is 0.0113 e. The van der Waals surface area contributed by atoms with Gasteiger partial charge in [0.15, 0.2) is 0 Å². The molecule has 0 atom stereocenters. The summed E-state index contributed by atoms with van der Waals surface area (Å²) in [6.07, 6.45) is 3.91. The van der Waals surface area contributed by atoms with Crippen molar-refractivity contribution in [2.75, 3.05) is 13.1 Å². The molecule has 0 radical (unpaired) electrons. The lowest BCUT2D eigenvalue weighted by Gasteiger charge is -2.11. The average Bonchev–Trinajstić information content (AvgIpc) is 1.62. The molecule has 1 heterocycles. The monoisotopic (exact) mass is 115 g/mol. The number of rotatable bonds is 0. The molecule has 3 nitrogen and oxygen atoms in total. The summed E-state index contributed by atoms with van der Waals surface area (Å²) in [4.78, 5) is 0. The summed E-state index contributed by atoms with van der Waals surface area (Å²) in [6.45, 7) is 2.15. The van der Waals surface area contributed by atoms with Crippen LogP contribution >= 0.6 is 0 Å². The van der Waals surface area contributed by atoms with Crippen LogP contribution in [0.25, 0.3) is 0 Å². The van der Waals surface area contributed by atoms with Crippen LogP contribution in [0.4, 0.5) is 0 Å². The normalized spacial score (nSPS) is 24.0. The molecule has 0 aliphatic carbocycles. The molecule has 1 aliphatic heterocycles. The smallest absolute Gasteiger partial charge is 0.0113 e. The Morgan fingerprint density at radius 1 is 0.750 bits per heavy atom. The molecule has 1 aliphatic rings. The number of hydrogen-bond donors (Lipinski definition) is 3. The van der Waals surface area contributed by atoms with Gasteiger partial charge in [0.05, 0.1) is 0 Å². The first-order valence-corrected chi connectivity index (χ1v) is 3.21. The van der Waals surface area contributed by atoms with Crippen molar-refractivity contribution in [2.24, 2.45) is 0 Å². The summed E-state index contributed by atoms with van der Waals surface area (Å²) < 4.78 is 0. The second kappa shape index (κ2) is 3.83.